The summed E-state index contributed by atoms with van der Waals surface area (Å²) in [7, 11) is 0. The van der Waals surface area contributed by atoms with E-state index >= 15 is 0 Å². The van der Waals surface area contributed by atoms with E-state index in [-0.39, 0.29) is 6.10 Å². The molecule has 1 saturated heterocycles. The van der Waals surface area contributed by atoms with Gasteiger partial charge in [-0.05, 0) is 80.6 Å². The summed E-state index contributed by atoms with van der Waals surface area (Å²) in [6.07, 6.45) is 13.3. The summed E-state index contributed by atoms with van der Waals surface area (Å²) in [5, 5.41) is 10.4. The molecule has 5 rings (SSSR count). The van der Waals surface area contributed by atoms with Gasteiger partial charge in [-0.2, -0.15) is 0 Å². The van der Waals surface area contributed by atoms with E-state index < -0.39 is 0 Å². The molecule has 0 spiro atoms. The molecule has 34 heavy (non-hydrogen) atoms. The van der Waals surface area contributed by atoms with E-state index in [0.717, 1.165) is 29.5 Å². The molecule has 4 nitrogen and oxygen atoms in total. The number of rotatable bonds is 6. The molecule has 1 N–H and O–H groups in total. The van der Waals surface area contributed by atoms with E-state index in [4.69, 9.17) is 9.47 Å². The number of phenolic OH excluding ortho intramolecular Hbond substituents is 1. The molecule has 2 aromatic rings. The number of hydrogen-bond acceptors (Lipinski definition) is 5. The fourth-order valence-electron chi connectivity index (χ4n) is 5.75. The number of ether oxygens (including phenoxy) is 2. The topological polar surface area (TPSA) is 41.9 Å². The van der Waals surface area contributed by atoms with Crippen molar-refractivity contribution < 1.29 is 14.6 Å². The van der Waals surface area contributed by atoms with Gasteiger partial charge in [-0.25, -0.2) is 0 Å². The van der Waals surface area contributed by atoms with Crippen LogP contribution >= 0.6 is 11.8 Å². The van der Waals surface area contributed by atoms with Crippen LogP contribution in [-0.4, -0.2) is 41.5 Å². The summed E-state index contributed by atoms with van der Waals surface area (Å²) in [6.45, 7) is 4.18. The highest BCUT2D eigenvalue weighted by Crippen LogP contribution is 2.51. The fourth-order valence-corrected chi connectivity index (χ4v) is 7.26. The van der Waals surface area contributed by atoms with Crippen molar-refractivity contribution in [1.29, 1.82) is 0 Å². The molecule has 0 radical (unpaired) electrons. The fraction of sp³-hybridized carbons (Fsp3) is 0.586. The highest BCUT2D eigenvalue weighted by molar-refractivity contribution is 8.00. The molecular weight excluding hydrogens is 442 g/mol. The van der Waals surface area contributed by atoms with E-state index in [0.29, 0.717) is 16.9 Å². The second-order valence-corrected chi connectivity index (χ2v) is 11.4. The van der Waals surface area contributed by atoms with Gasteiger partial charge >= 0.3 is 0 Å². The van der Waals surface area contributed by atoms with Crippen LogP contribution in [-0.2, 0) is 0 Å². The van der Waals surface area contributed by atoms with Crippen molar-refractivity contribution in [3.05, 3.63) is 48.0 Å². The van der Waals surface area contributed by atoms with E-state index in [2.05, 4.69) is 29.2 Å². The number of likely N-dealkylation sites (tertiary alicyclic amines) is 1. The lowest BCUT2D eigenvalue weighted by Crippen LogP contribution is -2.33. The lowest BCUT2D eigenvalue weighted by molar-refractivity contribution is 0.156. The predicted molar refractivity (Wildman–Crippen MR) is 139 cm³/mol. The maximum Gasteiger partial charge on any atom is 0.136 e. The Bertz CT molecular complexity index is 904. The highest BCUT2D eigenvalue weighted by atomic mass is 32.2. The average molecular weight is 482 g/mol. The molecule has 2 atom stereocenters. The number of thioether (sulfide) groups is 1. The Hall–Kier alpha value is -1.85. The lowest BCUT2D eigenvalue weighted by Gasteiger charge is -2.38. The van der Waals surface area contributed by atoms with Crippen molar-refractivity contribution >= 4 is 11.8 Å². The SMILES string of the molecule is Oc1ccc2c(c1)SC(C1CCCCCCC1)C(c1ccc(OCCN3CCCCC3)cc1)O2. The molecule has 2 aromatic carbocycles. The van der Waals surface area contributed by atoms with Gasteiger partial charge in [-0.3, -0.25) is 4.90 Å². The van der Waals surface area contributed by atoms with Gasteiger partial charge in [0, 0.05) is 6.54 Å². The molecule has 2 fully saturated rings. The Morgan fingerprint density at radius 2 is 1.59 bits per heavy atom. The maximum absolute atomic E-state index is 10.0. The average Bonchev–Trinajstić information content (AvgIpc) is 2.84. The second-order valence-electron chi connectivity index (χ2n) is 10.2. The summed E-state index contributed by atoms with van der Waals surface area (Å²) in [4.78, 5) is 3.58. The molecular formula is C29H39NO3S. The Kier molecular flexibility index (Phi) is 8.23. The maximum atomic E-state index is 10.0. The zero-order chi connectivity index (χ0) is 23.2. The molecule has 2 aliphatic heterocycles. The number of hydrogen-bond donors (Lipinski definition) is 1. The predicted octanol–water partition coefficient (Wildman–Crippen LogP) is 7.21. The number of phenols is 1. The standard InChI is InChI=1S/C29H39NO3S/c31-24-13-16-26-27(21-24)34-29(23-9-5-2-1-3-6-10-23)28(33-26)22-11-14-25(15-12-22)32-20-19-30-17-7-4-8-18-30/h11-16,21,23,28-29,31H,1-10,17-20H2. The van der Waals surface area contributed by atoms with Crippen LogP contribution in [0.25, 0.3) is 0 Å². The quantitative estimate of drug-likeness (QED) is 0.472. The first-order valence-corrected chi connectivity index (χ1v) is 14.3. The molecule has 0 amide bonds. The molecule has 1 saturated carbocycles. The lowest BCUT2D eigenvalue weighted by atomic mass is 9.85. The molecule has 3 aliphatic rings. The van der Waals surface area contributed by atoms with Crippen LogP contribution in [0.15, 0.2) is 47.4 Å². The van der Waals surface area contributed by atoms with Gasteiger partial charge in [0.25, 0.3) is 0 Å². The Morgan fingerprint density at radius 3 is 2.35 bits per heavy atom. The number of nitrogens with zero attached hydrogens (tertiary/aromatic N) is 1. The largest absolute Gasteiger partial charge is 0.508 e. The third-order valence-corrected chi connectivity index (χ3v) is 9.17. The van der Waals surface area contributed by atoms with Crippen LogP contribution in [0.4, 0.5) is 0 Å². The van der Waals surface area contributed by atoms with Crippen molar-refractivity contribution in [2.75, 3.05) is 26.2 Å². The zero-order valence-electron chi connectivity index (χ0n) is 20.3. The van der Waals surface area contributed by atoms with Crippen LogP contribution in [0.3, 0.4) is 0 Å². The highest BCUT2D eigenvalue weighted by Gasteiger charge is 2.37. The molecule has 184 valence electrons. The van der Waals surface area contributed by atoms with Crippen LogP contribution < -0.4 is 9.47 Å². The Morgan fingerprint density at radius 1 is 0.882 bits per heavy atom. The molecule has 0 bridgehead atoms. The number of piperidine rings is 1. The van der Waals surface area contributed by atoms with E-state index in [1.165, 1.54) is 82.9 Å². The molecule has 5 heteroatoms. The third kappa shape index (κ3) is 6.04. The van der Waals surface area contributed by atoms with Crippen LogP contribution in [0.2, 0.25) is 0 Å². The summed E-state index contributed by atoms with van der Waals surface area (Å²) in [5.74, 6) is 2.77. The van der Waals surface area contributed by atoms with Crippen LogP contribution in [0.1, 0.15) is 75.9 Å². The van der Waals surface area contributed by atoms with Gasteiger partial charge in [-0.1, -0.05) is 50.7 Å². The summed E-state index contributed by atoms with van der Waals surface area (Å²) >= 11 is 1.91. The molecule has 2 unspecified atom stereocenters. The first-order valence-electron chi connectivity index (χ1n) is 13.4. The summed E-state index contributed by atoms with van der Waals surface area (Å²) in [6, 6.07) is 14.1. The minimum atomic E-state index is 0.0221. The smallest absolute Gasteiger partial charge is 0.136 e. The van der Waals surface area contributed by atoms with Crippen molar-refractivity contribution in [2.24, 2.45) is 5.92 Å². The van der Waals surface area contributed by atoms with Gasteiger partial charge in [-0.15, -0.1) is 11.8 Å². The first kappa shape index (κ1) is 23.9. The molecule has 0 aromatic heterocycles. The monoisotopic (exact) mass is 481 g/mol. The normalized spacial score (nSPS) is 24.5. The Labute approximate surface area is 209 Å². The number of benzene rings is 2. The summed E-state index contributed by atoms with van der Waals surface area (Å²) in [5.41, 5.74) is 1.22. The summed E-state index contributed by atoms with van der Waals surface area (Å²) < 4.78 is 12.7. The van der Waals surface area contributed by atoms with Crippen molar-refractivity contribution in [3.63, 3.8) is 0 Å². The van der Waals surface area contributed by atoms with Crippen molar-refractivity contribution in [1.82, 2.24) is 4.90 Å². The molecule has 2 heterocycles. The molecule has 1 aliphatic carbocycles. The van der Waals surface area contributed by atoms with E-state index in [9.17, 15) is 5.11 Å². The van der Waals surface area contributed by atoms with Gasteiger partial charge in [0.15, 0.2) is 0 Å². The second kappa shape index (κ2) is 11.7. The van der Waals surface area contributed by atoms with E-state index in [1.807, 2.05) is 23.9 Å². The van der Waals surface area contributed by atoms with Gasteiger partial charge in [0.05, 0.1) is 10.1 Å². The van der Waals surface area contributed by atoms with Crippen LogP contribution in [0, 0.1) is 5.92 Å². The minimum Gasteiger partial charge on any atom is -0.508 e. The van der Waals surface area contributed by atoms with Crippen LogP contribution in [0.5, 0.6) is 17.2 Å². The zero-order valence-corrected chi connectivity index (χ0v) is 21.1. The third-order valence-electron chi connectivity index (χ3n) is 7.69. The number of fused-ring (bicyclic) bond motifs is 1. The van der Waals surface area contributed by atoms with Gasteiger partial charge in [0.1, 0.15) is 30.0 Å². The van der Waals surface area contributed by atoms with Crippen molar-refractivity contribution in [3.8, 4) is 17.2 Å². The van der Waals surface area contributed by atoms with Gasteiger partial charge < -0.3 is 14.6 Å². The van der Waals surface area contributed by atoms with Gasteiger partial charge in [0.2, 0.25) is 0 Å². The van der Waals surface area contributed by atoms with E-state index in [1.54, 1.807) is 6.07 Å². The Balaban J connectivity index is 1.29. The minimum absolute atomic E-state index is 0.0221. The van der Waals surface area contributed by atoms with Crippen molar-refractivity contribution in [2.45, 2.75) is 80.5 Å². The number of aromatic hydroxyl groups is 1. The first-order chi connectivity index (χ1) is 16.8.